The van der Waals surface area contributed by atoms with Crippen LogP contribution in [0.3, 0.4) is 0 Å². The summed E-state index contributed by atoms with van der Waals surface area (Å²) in [5.41, 5.74) is 0.169. The first-order valence-electron chi connectivity index (χ1n) is 8.78. The maximum Gasteiger partial charge on any atom is 0.319 e. The normalized spacial score (nSPS) is 16.1. The predicted molar refractivity (Wildman–Crippen MR) is 97.3 cm³/mol. The van der Waals surface area contributed by atoms with Crippen LogP contribution in [0.15, 0.2) is 30.7 Å². The fraction of sp³-hybridized carbons (Fsp3) is 0.444. The van der Waals surface area contributed by atoms with Gasteiger partial charge in [-0.15, -0.1) is 0 Å². The number of pyridine rings is 1. The molecule has 2 N–H and O–H groups in total. The lowest BCUT2D eigenvalue weighted by molar-refractivity contribution is 0.241. The van der Waals surface area contributed by atoms with E-state index in [0.29, 0.717) is 11.7 Å². The van der Waals surface area contributed by atoms with Crippen molar-refractivity contribution < 1.29 is 9.18 Å². The van der Waals surface area contributed by atoms with Crippen molar-refractivity contribution in [2.24, 2.45) is 5.92 Å². The van der Waals surface area contributed by atoms with E-state index in [9.17, 15) is 9.18 Å². The summed E-state index contributed by atoms with van der Waals surface area (Å²) in [5.74, 6) is 0.273. The number of carbonyl (C=O) groups is 1. The number of rotatable bonds is 5. The van der Waals surface area contributed by atoms with Gasteiger partial charge in [0.2, 0.25) is 5.95 Å². The molecule has 8 heteroatoms. The summed E-state index contributed by atoms with van der Waals surface area (Å²) in [6.07, 6.45) is 11.3. The molecule has 1 aliphatic rings. The first-order valence-corrected chi connectivity index (χ1v) is 9.15. The zero-order valence-corrected chi connectivity index (χ0v) is 15.0. The molecule has 2 amide bonds. The van der Waals surface area contributed by atoms with Gasteiger partial charge in [-0.25, -0.2) is 19.7 Å². The monoisotopic (exact) mass is 377 g/mol. The van der Waals surface area contributed by atoms with Crippen LogP contribution in [0, 0.1) is 11.9 Å². The molecule has 6 nitrogen and oxygen atoms in total. The molecule has 0 aromatic carbocycles. The molecule has 0 saturated heterocycles. The zero-order chi connectivity index (χ0) is 18.4. The van der Waals surface area contributed by atoms with Gasteiger partial charge >= 0.3 is 6.03 Å². The summed E-state index contributed by atoms with van der Waals surface area (Å²) in [7, 11) is 0. The largest absolute Gasteiger partial charge is 0.328 e. The lowest BCUT2D eigenvalue weighted by Crippen LogP contribution is -2.35. The number of hydrogen-bond donors (Lipinski definition) is 2. The molecule has 0 spiro atoms. The van der Waals surface area contributed by atoms with Gasteiger partial charge in [-0.1, -0.05) is 43.7 Å². The van der Waals surface area contributed by atoms with E-state index in [1.807, 2.05) is 0 Å². The van der Waals surface area contributed by atoms with Gasteiger partial charge < -0.3 is 10.6 Å². The van der Waals surface area contributed by atoms with Crippen molar-refractivity contribution in [3.05, 3.63) is 47.5 Å². The SMILES string of the molecule is O=C(Nc1ccnc(F)c1Cl)NC(CC1CCCCC1)c1ncccn1. The molecule has 1 atom stereocenters. The third-order valence-electron chi connectivity index (χ3n) is 4.59. The average molecular weight is 378 g/mol. The number of nitrogens with one attached hydrogen (secondary N) is 2. The summed E-state index contributed by atoms with van der Waals surface area (Å²) in [5, 5.41) is 5.25. The first-order chi connectivity index (χ1) is 12.6. The molecule has 0 radical (unpaired) electrons. The van der Waals surface area contributed by atoms with Crippen molar-refractivity contribution in [2.45, 2.75) is 44.6 Å². The molecule has 0 bridgehead atoms. The fourth-order valence-electron chi connectivity index (χ4n) is 3.31. The number of anilines is 1. The van der Waals surface area contributed by atoms with E-state index in [-0.39, 0.29) is 16.8 Å². The van der Waals surface area contributed by atoms with Crippen LogP contribution in [0.1, 0.15) is 50.4 Å². The van der Waals surface area contributed by atoms with Crippen LogP contribution >= 0.6 is 11.6 Å². The van der Waals surface area contributed by atoms with Gasteiger partial charge in [0.15, 0.2) is 5.82 Å². The van der Waals surface area contributed by atoms with E-state index in [1.165, 1.54) is 31.5 Å². The summed E-state index contributed by atoms with van der Waals surface area (Å²) in [4.78, 5) is 24.4. The zero-order valence-electron chi connectivity index (χ0n) is 14.3. The minimum Gasteiger partial charge on any atom is -0.328 e. The molecule has 1 saturated carbocycles. The lowest BCUT2D eigenvalue weighted by atomic mass is 9.84. The third-order valence-corrected chi connectivity index (χ3v) is 4.95. The van der Waals surface area contributed by atoms with Crippen LogP contribution in [0.4, 0.5) is 14.9 Å². The smallest absolute Gasteiger partial charge is 0.319 e. The van der Waals surface area contributed by atoms with Crippen molar-refractivity contribution in [2.75, 3.05) is 5.32 Å². The Hall–Kier alpha value is -2.28. The number of urea groups is 1. The van der Waals surface area contributed by atoms with Gasteiger partial charge in [-0.3, -0.25) is 0 Å². The van der Waals surface area contributed by atoms with Crippen LogP contribution in [-0.4, -0.2) is 21.0 Å². The Kier molecular flexibility index (Phi) is 6.33. The van der Waals surface area contributed by atoms with Gasteiger partial charge in [0.25, 0.3) is 0 Å². The Morgan fingerprint density at radius 2 is 1.92 bits per heavy atom. The summed E-state index contributed by atoms with van der Waals surface area (Å²) >= 11 is 5.84. The van der Waals surface area contributed by atoms with Crippen molar-refractivity contribution in [1.29, 1.82) is 0 Å². The van der Waals surface area contributed by atoms with Crippen molar-refractivity contribution in [1.82, 2.24) is 20.3 Å². The summed E-state index contributed by atoms with van der Waals surface area (Å²) in [6.45, 7) is 0. The molecule has 1 unspecified atom stereocenters. The highest BCUT2D eigenvalue weighted by molar-refractivity contribution is 6.33. The molecular formula is C18H21ClFN5O. The van der Waals surface area contributed by atoms with Gasteiger partial charge in [-0.2, -0.15) is 4.39 Å². The van der Waals surface area contributed by atoms with Crippen molar-refractivity contribution >= 4 is 23.3 Å². The first kappa shape index (κ1) is 18.5. The van der Waals surface area contributed by atoms with E-state index in [2.05, 4.69) is 25.6 Å². The molecule has 26 heavy (non-hydrogen) atoms. The number of carbonyl (C=O) groups excluding carboxylic acids is 1. The molecule has 138 valence electrons. The van der Waals surface area contributed by atoms with Gasteiger partial charge in [0.1, 0.15) is 5.02 Å². The van der Waals surface area contributed by atoms with Gasteiger partial charge in [-0.05, 0) is 24.5 Å². The standard InChI is InChI=1S/C18H21ClFN5O/c19-15-13(7-10-21-16(15)20)24-18(26)25-14(17-22-8-4-9-23-17)11-12-5-2-1-3-6-12/h4,7-10,12,14H,1-3,5-6,11H2,(H2,21,24,25,26). The van der Waals surface area contributed by atoms with Gasteiger partial charge in [0.05, 0.1) is 11.7 Å². The third kappa shape index (κ3) is 4.88. The molecule has 1 aliphatic carbocycles. The molecule has 0 aliphatic heterocycles. The maximum atomic E-state index is 13.4. The highest BCUT2D eigenvalue weighted by Gasteiger charge is 2.24. The Labute approximate surface area is 156 Å². The average Bonchev–Trinajstić information content (AvgIpc) is 2.66. The topological polar surface area (TPSA) is 79.8 Å². The van der Waals surface area contributed by atoms with E-state index < -0.39 is 12.0 Å². The van der Waals surface area contributed by atoms with E-state index in [1.54, 1.807) is 18.5 Å². The number of halogens is 2. The van der Waals surface area contributed by atoms with Crippen LogP contribution in [0.2, 0.25) is 5.02 Å². The molecule has 2 heterocycles. The van der Waals surface area contributed by atoms with E-state index >= 15 is 0 Å². The lowest BCUT2D eigenvalue weighted by Gasteiger charge is -2.26. The molecular weight excluding hydrogens is 357 g/mol. The second kappa shape index (κ2) is 8.89. The Morgan fingerprint density at radius 1 is 1.19 bits per heavy atom. The van der Waals surface area contributed by atoms with E-state index in [0.717, 1.165) is 19.3 Å². The number of amides is 2. The number of aromatic nitrogens is 3. The second-order valence-corrected chi connectivity index (χ2v) is 6.84. The van der Waals surface area contributed by atoms with Crippen molar-refractivity contribution in [3.8, 4) is 0 Å². The minimum atomic E-state index is -0.824. The van der Waals surface area contributed by atoms with Crippen LogP contribution < -0.4 is 10.6 Å². The highest BCUT2D eigenvalue weighted by atomic mass is 35.5. The Balaban J connectivity index is 1.70. The summed E-state index contributed by atoms with van der Waals surface area (Å²) < 4.78 is 13.4. The predicted octanol–water partition coefficient (Wildman–Crippen LogP) is 4.50. The molecule has 2 aromatic rings. The summed E-state index contributed by atoms with van der Waals surface area (Å²) in [6, 6.07) is 2.39. The quantitative estimate of drug-likeness (QED) is 0.752. The van der Waals surface area contributed by atoms with Crippen LogP contribution in [0.25, 0.3) is 0 Å². The second-order valence-electron chi connectivity index (χ2n) is 6.46. The van der Waals surface area contributed by atoms with Crippen LogP contribution in [-0.2, 0) is 0 Å². The highest BCUT2D eigenvalue weighted by Crippen LogP contribution is 2.31. The molecule has 2 aromatic heterocycles. The molecule has 3 rings (SSSR count). The number of hydrogen-bond acceptors (Lipinski definition) is 4. The minimum absolute atomic E-state index is 0.169. The van der Waals surface area contributed by atoms with E-state index in [4.69, 9.17) is 11.6 Å². The van der Waals surface area contributed by atoms with Crippen LogP contribution in [0.5, 0.6) is 0 Å². The maximum absolute atomic E-state index is 13.4. The Bertz CT molecular complexity index is 740. The Morgan fingerprint density at radius 3 is 2.65 bits per heavy atom. The van der Waals surface area contributed by atoms with Gasteiger partial charge in [0, 0.05) is 18.6 Å². The number of nitrogens with zero attached hydrogens (tertiary/aromatic N) is 3. The fourth-order valence-corrected chi connectivity index (χ4v) is 3.47. The molecule has 1 fully saturated rings. The van der Waals surface area contributed by atoms with Crippen molar-refractivity contribution in [3.63, 3.8) is 0 Å².